The van der Waals surface area contributed by atoms with Gasteiger partial charge >= 0.3 is 5.97 Å². The van der Waals surface area contributed by atoms with Crippen LogP contribution in [-0.4, -0.2) is 20.7 Å². The summed E-state index contributed by atoms with van der Waals surface area (Å²) >= 11 is 0. The lowest BCUT2D eigenvalue weighted by molar-refractivity contribution is 0.0697. The molecule has 0 fully saturated rings. The van der Waals surface area contributed by atoms with Crippen molar-refractivity contribution in [3.05, 3.63) is 65.5 Å². The molecule has 0 bridgehead atoms. The molecular weight excluding hydrogens is 266 g/mol. The van der Waals surface area contributed by atoms with Crippen LogP contribution >= 0.6 is 0 Å². The summed E-state index contributed by atoms with van der Waals surface area (Å²) in [6.45, 7) is 2.53. The van der Waals surface area contributed by atoms with E-state index in [1.165, 1.54) is 0 Å². The number of carboxylic acids is 1. The number of aromatic carboxylic acids is 1. The van der Waals surface area contributed by atoms with Crippen molar-refractivity contribution in [3.8, 4) is 0 Å². The molecule has 2 aromatic heterocycles. The van der Waals surface area contributed by atoms with Crippen molar-refractivity contribution >= 4 is 17.2 Å². The number of rotatable bonds is 4. The zero-order valence-corrected chi connectivity index (χ0v) is 11.6. The van der Waals surface area contributed by atoms with Gasteiger partial charge in [-0.2, -0.15) is 5.10 Å². The van der Waals surface area contributed by atoms with Crippen molar-refractivity contribution in [1.29, 1.82) is 0 Å². The summed E-state index contributed by atoms with van der Waals surface area (Å²) in [5.41, 5.74) is 4.29. The van der Waals surface area contributed by atoms with E-state index < -0.39 is 5.97 Å². The largest absolute Gasteiger partial charge is 0.478 e. The van der Waals surface area contributed by atoms with Gasteiger partial charge in [0.2, 0.25) is 0 Å². The van der Waals surface area contributed by atoms with E-state index in [0.29, 0.717) is 12.1 Å². The molecule has 0 aliphatic heterocycles. The van der Waals surface area contributed by atoms with Gasteiger partial charge in [-0.05, 0) is 42.8 Å². The molecule has 0 saturated carbocycles. The fraction of sp³-hybridized carbons (Fsp3) is 0.125. The SMILES string of the molecule is Cc1cc(C(=O)O)ccc1NCc1cnn2ccccc12. The first-order chi connectivity index (χ1) is 10.1. The second-order valence-corrected chi connectivity index (χ2v) is 4.89. The molecule has 0 atom stereocenters. The Morgan fingerprint density at radius 2 is 2.19 bits per heavy atom. The van der Waals surface area contributed by atoms with E-state index in [4.69, 9.17) is 5.11 Å². The van der Waals surface area contributed by atoms with Gasteiger partial charge in [0.1, 0.15) is 0 Å². The average Bonchev–Trinajstić information content (AvgIpc) is 2.89. The van der Waals surface area contributed by atoms with Gasteiger partial charge < -0.3 is 10.4 Å². The lowest BCUT2D eigenvalue weighted by Gasteiger charge is -2.09. The Morgan fingerprint density at radius 1 is 1.33 bits per heavy atom. The molecule has 5 heteroatoms. The minimum Gasteiger partial charge on any atom is -0.478 e. The Hall–Kier alpha value is -2.82. The fourth-order valence-electron chi connectivity index (χ4n) is 2.31. The third-order valence-electron chi connectivity index (χ3n) is 3.45. The maximum absolute atomic E-state index is 10.9. The summed E-state index contributed by atoms with van der Waals surface area (Å²) in [5.74, 6) is -0.910. The van der Waals surface area contributed by atoms with Crippen molar-refractivity contribution < 1.29 is 9.90 Å². The number of aromatic nitrogens is 2. The molecule has 106 valence electrons. The molecule has 1 aromatic carbocycles. The number of fused-ring (bicyclic) bond motifs is 1. The van der Waals surface area contributed by atoms with E-state index in [9.17, 15) is 4.79 Å². The number of pyridine rings is 1. The van der Waals surface area contributed by atoms with Crippen LogP contribution in [0.2, 0.25) is 0 Å². The first-order valence-electron chi connectivity index (χ1n) is 6.64. The molecule has 0 spiro atoms. The normalized spacial score (nSPS) is 10.7. The summed E-state index contributed by atoms with van der Waals surface area (Å²) in [5, 5.41) is 16.6. The zero-order valence-electron chi connectivity index (χ0n) is 11.6. The van der Waals surface area contributed by atoms with Crippen molar-refractivity contribution in [2.75, 3.05) is 5.32 Å². The van der Waals surface area contributed by atoms with Crippen LogP contribution in [0, 0.1) is 6.92 Å². The van der Waals surface area contributed by atoms with Gasteiger partial charge in [0, 0.05) is 24.0 Å². The molecule has 0 saturated heterocycles. The van der Waals surface area contributed by atoms with Crippen LogP contribution in [0.3, 0.4) is 0 Å². The molecule has 3 aromatic rings. The van der Waals surface area contributed by atoms with Gasteiger partial charge in [0.15, 0.2) is 0 Å². The fourth-order valence-corrected chi connectivity index (χ4v) is 2.31. The lowest BCUT2D eigenvalue weighted by atomic mass is 10.1. The molecule has 2 heterocycles. The number of benzene rings is 1. The van der Waals surface area contributed by atoms with E-state index >= 15 is 0 Å². The van der Waals surface area contributed by atoms with Gasteiger partial charge in [0.05, 0.1) is 17.3 Å². The Bertz CT molecular complexity index is 808. The highest BCUT2D eigenvalue weighted by atomic mass is 16.4. The number of nitrogens with one attached hydrogen (secondary N) is 1. The summed E-state index contributed by atoms with van der Waals surface area (Å²) in [7, 11) is 0. The van der Waals surface area contributed by atoms with Crippen LogP contribution in [0.1, 0.15) is 21.5 Å². The molecule has 0 aliphatic rings. The van der Waals surface area contributed by atoms with Crippen LogP contribution in [0.15, 0.2) is 48.8 Å². The molecule has 21 heavy (non-hydrogen) atoms. The predicted octanol–water partition coefficient (Wildman–Crippen LogP) is 2.95. The van der Waals surface area contributed by atoms with Gasteiger partial charge in [-0.15, -0.1) is 0 Å². The first kappa shape index (κ1) is 13.2. The monoisotopic (exact) mass is 281 g/mol. The highest BCUT2D eigenvalue weighted by Crippen LogP contribution is 2.19. The summed E-state index contributed by atoms with van der Waals surface area (Å²) < 4.78 is 1.83. The lowest BCUT2D eigenvalue weighted by Crippen LogP contribution is -2.03. The smallest absolute Gasteiger partial charge is 0.335 e. The van der Waals surface area contributed by atoms with Crippen molar-refractivity contribution in [1.82, 2.24) is 9.61 Å². The topological polar surface area (TPSA) is 66.6 Å². The first-order valence-corrected chi connectivity index (χ1v) is 6.64. The Labute approximate surface area is 121 Å². The Morgan fingerprint density at radius 3 is 2.95 bits per heavy atom. The number of anilines is 1. The molecule has 0 unspecified atom stereocenters. The van der Waals surface area contributed by atoms with E-state index in [1.807, 2.05) is 42.0 Å². The molecule has 5 nitrogen and oxygen atoms in total. The van der Waals surface area contributed by atoms with Gasteiger partial charge in [-0.25, -0.2) is 9.31 Å². The second-order valence-electron chi connectivity index (χ2n) is 4.89. The second kappa shape index (κ2) is 5.28. The maximum atomic E-state index is 10.9. The van der Waals surface area contributed by atoms with E-state index in [0.717, 1.165) is 22.3 Å². The molecule has 3 rings (SSSR count). The predicted molar refractivity (Wildman–Crippen MR) is 80.7 cm³/mol. The quantitative estimate of drug-likeness (QED) is 0.771. The van der Waals surface area contributed by atoms with Crippen molar-refractivity contribution in [3.63, 3.8) is 0 Å². The Balaban J connectivity index is 1.80. The number of carboxylic acid groups (broad SMARTS) is 1. The summed E-state index contributed by atoms with van der Waals surface area (Å²) in [6.07, 6.45) is 3.75. The Kier molecular flexibility index (Phi) is 3.31. The van der Waals surface area contributed by atoms with Gasteiger partial charge in [-0.1, -0.05) is 6.07 Å². The van der Waals surface area contributed by atoms with Crippen LogP contribution < -0.4 is 5.32 Å². The van der Waals surface area contributed by atoms with Gasteiger partial charge in [-0.3, -0.25) is 0 Å². The van der Waals surface area contributed by atoms with E-state index in [1.54, 1.807) is 18.2 Å². The number of carbonyl (C=O) groups is 1. The summed E-state index contributed by atoms with van der Waals surface area (Å²) in [6, 6.07) is 11.0. The highest BCUT2D eigenvalue weighted by molar-refractivity contribution is 5.88. The number of hydrogen-bond acceptors (Lipinski definition) is 3. The van der Waals surface area contributed by atoms with Crippen LogP contribution in [0.4, 0.5) is 5.69 Å². The standard InChI is InChI=1S/C16H15N3O2/c1-11-8-12(16(20)21)5-6-14(11)17-9-13-10-18-19-7-3-2-4-15(13)19/h2-8,10,17H,9H2,1H3,(H,20,21). The average molecular weight is 281 g/mol. The molecule has 0 amide bonds. The van der Waals surface area contributed by atoms with Crippen molar-refractivity contribution in [2.24, 2.45) is 0 Å². The molecule has 0 radical (unpaired) electrons. The maximum Gasteiger partial charge on any atom is 0.335 e. The van der Waals surface area contributed by atoms with Crippen LogP contribution in [0.5, 0.6) is 0 Å². The molecule has 0 aliphatic carbocycles. The number of nitrogens with zero attached hydrogens (tertiary/aromatic N) is 2. The van der Waals surface area contributed by atoms with Crippen LogP contribution in [0.25, 0.3) is 5.52 Å². The molecule has 2 N–H and O–H groups in total. The molecular formula is C16H15N3O2. The van der Waals surface area contributed by atoms with Gasteiger partial charge in [0.25, 0.3) is 0 Å². The summed E-state index contributed by atoms with van der Waals surface area (Å²) in [4.78, 5) is 10.9. The van der Waals surface area contributed by atoms with Crippen molar-refractivity contribution in [2.45, 2.75) is 13.5 Å². The minimum absolute atomic E-state index is 0.300. The zero-order chi connectivity index (χ0) is 14.8. The highest BCUT2D eigenvalue weighted by Gasteiger charge is 2.07. The van der Waals surface area contributed by atoms with E-state index in [-0.39, 0.29) is 0 Å². The minimum atomic E-state index is -0.910. The van der Waals surface area contributed by atoms with Crippen LogP contribution in [-0.2, 0) is 6.54 Å². The van der Waals surface area contributed by atoms with E-state index in [2.05, 4.69) is 10.4 Å². The number of hydrogen-bond donors (Lipinski definition) is 2. The third kappa shape index (κ3) is 2.58. The third-order valence-corrected chi connectivity index (χ3v) is 3.45. The number of aryl methyl sites for hydroxylation is 1.